The first-order valence-electron chi connectivity index (χ1n) is 21.0. The van der Waals surface area contributed by atoms with Gasteiger partial charge in [-0.3, -0.25) is 4.98 Å². The smallest absolute Gasteiger partial charge is 0.124 e. The largest absolute Gasteiger partial charge is 0.500 e. The summed E-state index contributed by atoms with van der Waals surface area (Å²) in [6.45, 7) is 14.2. The summed E-state index contributed by atoms with van der Waals surface area (Å²) >= 11 is 0. The molecular weight excluding hydrogens is 791 g/mol. The van der Waals surface area contributed by atoms with Crippen molar-refractivity contribution in [2.45, 2.75) is 88.3 Å². The summed E-state index contributed by atoms with van der Waals surface area (Å²) in [5.74, 6) is 0. The molecule has 0 fully saturated rings. The second-order valence-electron chi connectivity index (χ2n) is 15.5. The molecule has 3 aromatic carbocycles. The van der Waals surface area contributed by atoms with E-state index >= 15 is 0 Å². The van der Waals surface area contributed by atoms with Crippen molar-refractivity contribution in [1.29, 1.82) is 0 Å². The maximum Gasteiger partial charge on any atom is 0.124 e. The van der Waals surface area contributed by atoms with Gasteiger partial charge in [-0.2, -0.15) is 0 Å². The molecule has 0 aliphatic heterocycles. The molecule has 7 rings (SSSR count). The van der Waals surface area contributed by atoms with E-state index in [4.69, 9.17) is 16.8 Å². The fourth-order valence-electron chi connectivity index (χ4n) is 5.78. The molecule has 0 bridgehead atoms. The maximum absolute atomic E-state index is 8.77. The van der Waals surface area contributed by atoms with Crippen molar-refractivity contribution in [1.82, 2.24) is 15.0 Å². The standard InChI is InChI=1S/C24H21N2O.C21H28N.Ir/c1-14-11-21-23-18(26-14)7-5-17-16(6-8-20(27-21)22(17)23)19-12-15(9-10-25-19)13-24(2,3)4;1-20(2,3)13-17-12-19(16-10-8-7-9-11-16)22-15-18(17)14-21(4,5)6;/h5,7-12H,13H2,1-4H3;7-10,12,15H,13-14H2,1-6H3;/q2*-1;/i1D3,13D2;13D2,14D2;. The van der Waals surface area contributed by atoms with E-state index in [9.17, 15) is 0 Å². The summed E-state index contributed by atoms with van der Waals surface area (Å²) in [4.78, 5) is 13.3. The van der Waals surface area contributed by atoms with Crippen molar-refractivity contribution in [2.24, 2.45) is 16.2 Å². The summed E-state index contributed by atoms with van der Waals surface area (Å²) in [6.07, 6.45) is -1.89. The van der Waals surface area contributed by atoms with Crippen molar-refractivity contribution >= 4 is 32.8 Å². The number of furan rings is 1. The van der Waals surface area contributed by atoms with Crippen LogP contribution in [-0.2, 0) is 39.2 Å². The van der Waals surface area contributed by atoms with Crippen molar-refractivity contribution in [3.8, 4) is 22.5 Å². The molecule has 0 N–H and O–H groups in total. The minimum absolute atomic E-state index is 0. The van der Waals surface area contributed by atoms with E-state index < -0.39 is 42.2 Å². The molecule has 1 radical (unpaired) electrons. The quantitative estimate of drug-likeness (QED) is 0.128. The van der Waals surface area contributed by atoms with Gasteiger partial charge in [-0.05, 0) is 82.2 Å². The molecule has 261 valence electrons. The number of rotatable bonds is 5. The molecule has 5 heteroatoms. The Morgan fingerprint density at radius 3 is 2.16 bits per heavy atom. The van der Waals surface area contributed by atoms with Crippen LogP contribution < -0.4 is 0 Å². The average molecular weight is 849 g/mol. The number of hydrogen-bond donors (Lipinski definition) is 0. The van der Waals surface area contributed by atoms with Crippen LogP contribution in [0.4, 0.5) is 0 Å². The molecule has 7 aromatic rings. The Bertz CT molecular complexity index is 2600. The van der Waals surface area contributed by atoms with Crippen LogP contribution >= 0.6 is 0 Å². The Balaban J connectivity index is 0.000000226. The van der Waals surface area contributed by atoms with Gasteiger partial charge in [-0.15, -0.1) is 53.6 Å². The molecule has 0 spiro atoms. The van der Waals surface area contributed by atoms with Crippen LogP contribution in [0.1, 0.15) is 97.0 Å². The van der Waals surface area contributed by atoms with Gasteiger partial charge in [-0.25, -0.2) is 0 Å². The zero-order valence-corrected chi connectivity index (χ0v) is 32.5. The second kappa shape index (κ2) is 14.4. The first-order chi connectivity index (χ1) is 26.6. The van der Waals surface area contributed by atoms with Crippen LogP contribution in [0.3, 0.4) is 0 Å². The molecule has 0 atom stereocenters. The number of nitrogens with zero attached hydrogens (tertiary/aromatic N) is 3. The minimum atomic E-state index is -2.33. The van der Waals surface area contributed by atoms with Crippen LogP contribution in [0.25, 0.3) is 55.4 Å². The molecule has 0 amide bonds. The Kier molecular flexibility index (Phi) is 7.71. The Hall–Kier alpha value is -3.92. The predicted octanol–water partition coefficient (Wildman–Crippen LogP) is 12.1. The molecule has 0 saturated carbocycles. The zero-order valence-electron chi connectivity index (χ0n) is 39.1. The van der Waals surface area contributed by atoms with Gasteiger partial charge >= 0.3 is 0 Å². The first-order valence-corrected chi connectivity index (χ1v) is 16.5. The Labute approximate surface area is 324 Å². The Morgan fingerprint density at radius 1 is 0.740 bits per heavy atom. The van der Waals surface area contributed by atoms with Gasteiger partial charge in [0.15, 0.2) is 0 Å². The summed E-state index contributed by atoms with van der Waals surface area (Å²) in [5, 5.41) is 2.45. The molecule has 0 aliphatic rings. The van der Waals surface area contributed by atoms with Gasteiger partial charge in [0.2, 0.25) is 0 Å². The molecule has 4 aromatic heterocycles. The van der Waals surface area contributed by atoms with E-state index in [1.54, 1.807) is 42.6 Å². The van der Waals surface area contributed by atoms with Gasteiger partial charge in [0, 0.05) is 62.0 Å². The summed E-state index contributed by atoms with van der Waals surface area (Å²) in [7, 11) is 0. The van der Waals surface area contributed by atoms with Crippen LogP contribution in [0.2, 0.25) is 0 Å². The summed E-state index contributed by atoms with van der Waals surface area (Å²) in [5.41, 5.74) is 3.56. The minimum Gasteiger partial charge on any atom is -0.500 e. The summed E-state index contributed by atoms with van der Waals surface area (Å²) in [6, 6.07) is 25.8. The fourth-order valence-corrected chi connectivity index (χ4v) is 5.78. The second-order valence-corrected chi connectivity index (χ2v) is 15.5. The van der Waals surface area contributed by atoms with Crippen LogP contribution in [0.5, 0.6) is 0 Å². The van der Waals surface area contributed by atoms with Crippen molar-refractivity contribution in [3.05, 3.63) is 114 Å². The van der Waals surface area contributed by atoms with Crippen molar-refractivity contribution in [3.63, 3.8) is 0 Å². The predicted molar refractivity (Wildman–Crippen MR) is 205 cm³/mol. The van der Waals surface area contributed by atoms with E-state index in [1.165, 1.54) is 12.3 Å². The zero-order chi connectivity index (χ0) is 43.0. The molecule has 0 aliphatic carbocycles. The molecule has 4 heterocycles. The van der Waals surface area contributed by atoms with E-state index in [-0.39, 0.29) is 25.8 Å². The number of aryl methyl sites for hydroxylation is 1. The SMILES string of the molecule is [2H]C([2H])([2H])c1cc2oc3c[c-]c(-c4cc(C([2H])([2H])C(C)(C)C)ccn4)c4ccc(n1)c2c34.[2H]C([2H])(c1cnc(-c2[c-]cccc2)cc1C([2H])([2H])C(C)(C)C)C(C)(C)C.[Ir]. The fraction of sp³-hybridized carbons (Fsp3) is 0.356. The number of benzene rings is 3. The summed E-state index contributed by atoms with van der Waals surface area (Å²) < 4.78 is 81.1. The molecule has 0 unspecified atom stereocenters. The van der Waals surface area contributed by atoms with E-state index in [0.29, 0.717) is 44.8 Å². The van der Waals surface area contributed by atoms with Crippen molar-refractivity contribution in [2.75, 3.05) is 0 Å². The van der Waals surface area contributed by atoms with Crippen LogP contribution in [0, 0.1) is 35.2 Å². The number of pyridine rings is 3. The molecule has 4 nitrogen and oxygen atoms in total. The third kappa shape index (κ3) is 8.86. The normalized spacial score (nSPS) is 16.1. The van der Waals surface area contributed by atoms with E-state index in [2.05, 4.69) is 27.1 Å². The van der Waals surface area contributed by atoms with Gasteiger partial charge < -0.3 is 14.4 Å². The topological polar surface area (TPSA) is 51.8 Å². The molecule has 0 saturated heterocycles. The van der Waals surface area contributed by atoms with Crippen LogP contribution in [-0.4, -0.2) is 15.0 Å². The average Bonchev–Trinajstić information content (AvgIpc) is 3.52. The number of aromatic nitrogens is 3. The molecular formula is C45H49IrN3O-2. The van der Waals surface area contributed by atoms with Gasteiger partial charge in [0.25, 0.3) is 0 Å². The third-order valence-corrected chi connectivity index (χ3v) is 7.47. The van der Waals surface area contributed by atoms with Crippen LogP contribution in [0.15, 0.2) is 83.5 Å². The van der Waals surface area contributed by atoms with E-state index in [1.807, 2.05) is 86.6 Å². The van der Waals surface area contributed by atoms with Gasteiger partial charge in [0.1, 0.15) is 5.58 Å². The van der Waals surface area contributed by atoms with Gasteiger partial charge in [0.05, 0.1) is 11.1 Å². The monoisotopic (exact) mass is 849 g/mol. The maximum atomic E-state index is 8.77. The van der Waals surface area contributed by atoms with Gasteiger partial charge in [-0.1, -0.05) is 91.5 Å². The van der Waals surface area contributed by atoms with Crippen molar-refractivity contribution < 1.29 is 36.9 Å². The third-order valence-electron chi connectivity index (χ3n) is 7.47. The van der Waals surface area contributed by atoms with E-state index in [0.717, 1.165) is 27.3 Å². The molecule has 50 heavy (non-hydrogen) atoms. The first kappa shape index (κ1) is 26.8. The Morgan fingerprint density at radius 2 is 1.48 bits per heavy atom. The number of hydrogen-bond acceptors (Lipinski definition) is 4.